The van der Waals surface area contributed by atoms with Gasteiger partial charge in [0.15, 0.2) is 0 Å². The van der Waals surface area contributed by atoms with Gasteiger partial charge < -0.3 is 0 Å². The summed E-state index contributed by atoms with van der Waals surface area (Å²) in [6.07, 6.45) is 3.39. The van der Waals surface area contributed by atoms with Gasteiger partial charge in [-0.1, -0.05) is 55.5 Å². The largest absolute Gasteiger partial charge is 0.300 e. The fourth-order valence-corrected chi connectivity index (χ4v) is 3.92. The van der Waals surface area contributed by atoms with Gasteiger partial charge in [0.05, 0.1) is 0 Å². The van der Waals surface area contributed by atoms with E-state index in [1.54, 1.807) is 0 Å². The van der Waals surface area contributed by atoms with Gasteiger partial charge >= 0.3 is 0 Å². The van der Waals surface area contributed by atoms with E-state index < -0.39 is 0 Å². The SMILES string of the molecule is CCC12Cc3ccccc3CC(N1)c1ccccc12. The van der Waals surface area contributed by atoms with Crippen molar-refractivity contribution < 1.29 is 0 Å². The van der Waals surface area contributed by atoms with Crippen LogP contribution in [0.2, 0.25) is 0 Å². The zero-order valence-electron chi connectivity index (χ0n) is 11.3. The molecule has 2 aromatic carbocycles. The van der Waals surface area contributed by atoms with Crippen LogP contribution < -0.4 is 5.32 Å². The average molecular weight is 249 g/mol. The molecule has 0 amide bonds. The Labute approximate surface area is 114 Å². The number of rotatable bonds is 1. The molecule has 2 heterocycles. The first-order chi connectivity index (χ1) is 9.32. The van der Waals surface area contributed by atoms with Crippen molar-refractivity contribution in [2.24, 2.45) is 0 Å². The first-order valence-corrected chi connectivity index (χ1v) is 7.26. The van der Waals surface area contributed by atoms with E-state index in [2.05, 4.69) is 60.8 Å². The normalized spacial score (nSPS) is 27.5. The van der Waals surface area contributed by atoms with Gasteiger partial charge in [-0.05, 0) is 41.5 Å². The van der Waals surface area contributed by atoms with E-state index in [4.69, 9.17) is 0 Å². The number of hydrogen-bond acceptors (Lipinski definition) is 1. The molecule has 2 bridgehead atoms. The van der Waals surface area contributed by atoms with E-state index in [9.17, 15) is 0 Å². The van der Waals surface area contributed by atoms with Crippen LogP contribution in [0.3, 0.4) is 0 Å². The molecule has 2 atom stereocenters. The summed E-state index contributed by atoms with van der Waals surface area (Å²) in [5, 5.41) is 3.93. The first-order valence-electron chi connectivity index (χ1n) is 7.26. The highest BCUT2D eigenvalue weighted by Crippen LogP contribution is 2.45. The molecule has 2 aliphatic rings. The van der Waals surface area contributed by atoms with Crippen molar-refractivity contribution in [2.45, 2.75) is 37.8 Å². The number of benzene rings is 2. The molecular formula is C18H19N. The molecule has 1 nitrogen and oxygen atoms in total. The van der Waals surface area contributed by atoms with Gasteiger partial charge in [-0.3, -0.25) is 5.32 Å². The van der Waals surface area contributed by atoms with Gasteiger partial charge in [-0.25, -0.2) is 0 Å². The minimum absolute atomic E-state index is 0.147. The molecule has 0 fully saturated rings. The van der Waals surface area contributed by atoms with Gasteiger partial charge in [0, 0.05) is 11.6 Å². The molecular weight excluding hydrogens is 230 g/mol. The van der Waals surface area contributed by atoms with Crippen LogP contribution >= 0.6 is 0 Å². The first kappa shape index (κ1) is 11.2. The molecule has 0 spiro atoms. The third-order valence-corrected chi connectivity index (χ3v) is 4.94. The second-order valence-corrected chi connectivity index (χ2v) is 5.87. The molecule has 2 unspecified atom stereocenters. The smallest absolute Gasteiger partial charge is 0.0481 e. The van der Waals surface area contributed by atoms with E-state index in [0.29, 0.717) is 6.04 Å². The Balaban J connectivity index is 1.92. The molecule has 0 saturated carbocycles. The molecule has 19 heavy (non-hydrogen) atoms. The zero-order chi connectivity index (χ0) is 12.9. The predicted octanol–water partition coefficient (Wildman–Crippen LogP) is 3.74. The summed E-state index contributed by atoms with van der Waals surface area (Å²) >= 11 is 0. The third-order valence-electron chi connectivity index (χ3n) is 4.94. The molecule has 0 aliphatic carbocycles. The van der Waals surface area contributed by atoms with Crippen LogP contribution in [-0.4, -0.2) is 0 Å². The number of hydrogen-bond donors (Lipinski definition) is 1. The van der Waals surface area contributed by atoms with E-state index >= 15 is 0 Å². The van der Waals surface area contributed by atoms with Crippen molar-refractivity contribution >= 4 is 0 Å². The molecule has 4 rings (SSSR count). The Morgan fingerprint density at radius 2 is 1.79 bits per heavy atom. The van der Waals surface area contributed by atoms with Crippen LogP contribution in [0.4, 0.5) is 0 Å². The molecule has 0 saturated heterocycles. The maximum Gasteiger partial charge on any atom is 0.0481 e. The minimum atomic E-state index is 0.147. The molecule has 2 aromatic rings. The van der Waals surface area contributed by atoms with Crippen molar-refractivity contribution in [2.75, 3.05) is 0 Å². The lowest BCUT2D eigenvalue weighted by Gasteiger charge is -2.30. The molecule has 2 aliphatic heterocycles. The molecule has 1 N–H and O–H groups in total. The highest BCUT2D eigenvalue weighted by atomic mass is 15.0. The summed E-state index contributed by atoms with van der Waals surface area (Å²) in [6, 6.07) is 18.4. The summed E-state index contributed by atoms with van der Waals surface area (Å²) in [5.74, 6) is 0. The summed E-state index contributed by atoms with van der Waals surface area (Å²) in [4.78, 5) is 0. The van der Waals surface area contributed by atoms with Gasteiger partial charge in [0.2, 0.25) is 0 Å². The van der Waals surface area contributed by atoms with Crippen molar-refractivity contribution in [3.63, 3.8) is 0 Å². The molecule has 1 heteroatoms. The minimum Gasteiger partial charge on any atom is -0.300 e. The van der Waals surface area contributed by atoms with Gasteiger partial charge in [0.25, 0.3) is 0 Å². The lowest BCUT2D eigenvalue weighted by molar-refractivity contribution is 0.323. The number of nitrogens with one attached hydrogen (secondary N) is 1. The second-order valence-electron chi connectivity index (χ2n) is 5.87. The highest BCUT2D eigenvalue weighted by molar-refractivity contribution is 5.47. The van der Waals surface area contributed by atoms with E-state index in [1.165, 1.54) is 22.3 Å². The van der Waals surface area contributed by atoms with Gasteiger partial charge in [-0.15, -0.1) is 0 Å². The summed E-state index contributed by atoms with van der Waals surface area (Å²) in [5.41, 5.74) is 6.22. The highest BCUT2D eigenvalue weighted by Gasteiger charge is 2.43. The zero-order valence-corrected chi connectivity index (χ0v) is 11.3. The van der Waals surface area contributed by atoms with Crippen LogP contribution in [0.25, 0.3) is 0 Å². The Kier molecular flexibility index (Phi) is 2.33. The van der Waals surface area contributed by atoms with Crippen molar-refractivity contribution in [1.29, 1.82) is 0 Å². The predicted molar refractivity (Wildman–Crippen MR) is 78.1 cm³/mol. The van der Waals surface area contributed by atoms with Gasteiger partial charge in [-0.2, -0.15) is 0 Å². The lowest BCUT2D eigenvalue weighted by Crippen LogP contribution is -2.38. The van der Waals surface area contributed by atoms with Crippen LogP contribution in [0.1, 0.15) is 41.6 Å². The summed E-state index contributed by atoms with van der Waals surface area (Å²) in [6.45, 7) is 2.31. The van der Waals surface area contributed by atoms with Crippen molar-refractivity contribution in [3.05, 3.63) is 70.8 Å². The second kappa shape index (κ2) is 3.94. The quantitative estimate of drug-likeness (QED) is 0.812. The Morgan fingerprint density at radius 3 is 2.63 bits per heavy atom. The standard InChI is InChI=1S/C18H19N/c1-2-18-12-14-8-4-3-7-13(14)11-17(19-18)15-9-5-6-10-16(15)18/h3-10,17,19H,2,11-12H2,1H3. The van der Waals surface area contributed by atoms with Gasteiger partial charge in [0.1, 0.15) is 0 Å². The molecule has 0 radical (unpaired) electrons. The Hall–Kier alpha value is -1.60. The fourth-order valence-electron chi connectivity index (χ4n) is 3.92. The van der Waals surface area contributed by atoms with E-state index in [1.807, 2.05) is 0 Å². The summed E-state index contributed by atoms with van der Waals surface area (Å²) in [7, 11) is 0. The maximum atomic E-state index is 3.93. The topological polar surface area (TPSA) is 12.0 Å². The van der Waals surface area contributed by atoms with Crippen molar-refractivity contribution in [3.8, 4) is 0 Å². The lowest BCUT2D eigenvalue weighted by atomic mass is 9.79. The Morgan fingerprint density at radius 1 is 1.05 bits per heavy atom. The molecule has 0 aromatic heterocycles. The van der Waals surface area contributed by atoms with E-state index in [0.717, 1.165) is 19.3 Å². The van der Waals surface area contributed by atoms with Crippen LogP contribution in [0.5, 0.6) is 0 Å². The fraction of sp³-hybridized carbons (Fsp3) is 0.333. The van der Waals surface area contributed by atoms with E-state index in [-0.39, 0.29) is 5.54 Å². The monoisotopic (exact) mass is 249 g/mol. The number of fused-ring (bicyclic) bond motifs is 6. The third kappa shape index (κ3) is 1.51. The van der Waals surface area contributed by atoms with Crippen LogP contribution in [0, 0.1) is 0 Å². The average Bonchev–Trinajstić information content (AvgIpc) is 2.65. The Bertz CT molecular complexity index is 631. The van der Waals surface area contributed by atoms with Crippen LogP contribution in [0.15, 0.2) is 48.5 Å². The molecule has 96 valence electrons. The van der Waals surface area contributed by atoms with Crippen LogP contribution in [-0.2, 0) is 18.4 Å². The van der Waals surface area contributed by atoms with Crippen molar-refractivity contribution in [1.82, 2.24) is 5.32 Å². The maximum absolute atomic E-state index is 3.93. The summed E-state index contributed by atoms with van der Waals surface area (Å²) < 4.78 is 0.